The Kier molecular flexibility index (Phi) is 5.73. The molecule has 0 unspecified atom stereocenters. The number of halogens is 1. The Morgan fingerprint density at radius 3 is 2.67 bits per heavy atom. The molecule has 0 aliphatic carbocycles. The summed E-state index contributed by atoms with van der Waals surface area (Å²) in [6, 6.07) is 16.1. The van der Waals surface area contributed by atoms with E-state index in [9.17, 15) is 9.18 Å². The van der Waals surface area contributed by atoms with Crippen molar-refractivity contribution in [2.75, 3.05) is 18.0 Å². The van der Waals surface area contributed by atoms with Gasteiger partial charge in [0.2, 0.25) is 5.91 Å². The van der Waals surface area contributed by atoms with Crippen LogP contribution in [0.3, 0.4) is 0 Å². The summed E-state index contributed by atoms with van der Waals surface area (Å²) in [5, 5.41) is 7.93. The first-order valence-electron chi connectivity index (χ1n) is 11.1. The second kappa shape index (κ2) is 8.97. The molecule has 0 bridgehead atoms. The van der Waals surface area contributed by atoms with E-state index in [0.717, 1.165) is 5.56 Å². The molecule has 1 saturated heterocycles. The molecule has 1 aliphatic rings. The van der Waals surface area contributed by atoms with Crippen molar-refractivity contribution in [1.29, 1.82) is 0 Å². The van der Waals surface area contributed by atoms with Gasteiger partial charge in [-0.25, -0.2) is 9.37 Å². The minimum absolute atomic E-state index is 0.0379. The molecule has 7 nitrogen and oxygen atoms in total. The molecular weight excluding hydrogens is 421 g/mol. The van der Waals surface area contributed by atoms with Crippen molar-refractivity contribution in [3.8, 4) is 11.3 Å². The average molecular weight is 445 g/mol. The summed E-state index contributed by atoms with van der Waals surface area (Å²) >= 11 is 0. The predicted octanol–water partition coefficient (Wildman–Crippen LogP) is 4.52. The van der Waals surface area contributed by atoms with Crippen molar-refractivity contribution in [3.05, 3.63) is 72.3 Å². The predicted molar refractivity (Wildman–Crippen MR) is 123 cm³/mol. The fourth-order valence-corrected chi connectivity index (χ4v) is 4.35. The maximum Gasteiger partial charge on any atom is 0.263 e. The van der Waals surface area contributed by atoms with E-state index in [0.29, 0.717) is 54.1 Å². The molecule has 1 atom stereocenters. The monoisotopic (exact) mass is 445 g/mol. The summed E-state index contributed by atoms with van der Waals surface area (Å²) in [6.45, 7) is 3.33. The molecule has 0 radical (unpaired) electrons. The Labute approximate surface area is 190 Å². The van der Waals surface area contributed by atoms with Crippen LogP contribution in [0.1, 0.15) is 31.4 Å². The van der Waals surface area contributed by atoms with E-state index in [-0.39, 0.29) is 23.7 Å². The van der Waals surface area contributed by atoms with E-state index < -0.39 is 0 Å². The van der Waals surface area contributed by atoms with Crippen molar-refractivity contribution in [3.63, 3.8) is 0 Å². The zero-order valence-corrected chi connectivity index (χ0v) is 18.2. The first kappa shape index (κ1) is 21.1. The van der Waals surface area contributed by atoms with Crippen LogP contribution in [-0.4, -0.2) is 34.1 Å². The van der Waals surface area contributed by atoms with Gasteiger partial charge in [0.1, 0.15) is 29.0 Å². The summed E-state index contributed by atoms with van der Waals surface area (Å²) in [4.78, 5) is 23.6. The molecular formula is C25H24FN5O2. The Balaban J connectivity index is 1.32. The molecule has 1 aliphatic heterocycles. The standard InChI is InChI=1S/C25H24FN5O2/c1-16(17-6-3-2-4-7-17)29-24(32)18-10-12-31(13-11-18)23-21-22(19-8-5-9-20(26)14-19)30-33-25(21)28-15-27-23/h2-9,14-16,18H,10-13H2,1H3,(H,29,32)/t16-/m0/s1. The highest BCUT2D eigenvalue weighted by atomic mass is 19.1. The second-order valence-electron chi connectivity index (χ2n) is 8.32. The summed E-state index contributed by atoms with van der Waals surface area (Å²) in [5.41, 5.74) is 2.56. The number of benzene rings is 2. The lowest BCUT2D eigenvalue weighted by Gasteiger charge is -2.32. The fraction of sp³-hybridized carbons (Fsp3) is 0.280. The molecule has 1 N–H and O–H groups in total. The van der Waals surface area contributed by atoms with Gasteiger partial charge in [-0.15, -0.1) is 0 Å². The zero-order chi connectivity index (χ0) is 22.8. The van der Waals surface area contributed by atoms with Crippen LogP contribution < -0.4 is 10.2 Å². The summed E-state index contributed by atoms with van der Waals surface area (Å²) in [5.74, 6) is 0.356. The van der Waals surface area contributed by atoms with Gasteiger partial charge >= 0.3 is 0 Å². The third kappa shape index (κ3) is 4.28. The highest BCUT2D eigenvalue weighted by Crippen LogP contribution is 2.35. The van der Waals surface area contributed by atoms with E-state index in [1.807, 2.05) is 37.3 Å². The molecule has 1 amide bonds. The van der Waals surface area contributed by atoms with Crippen molar-refractivity contribution in [2.45, 2.75) is 25.8 Å². The van der Waals surface area contributed by atoms with E-state index in [2.05, 4.69) is 25.3 Å². The van der Waals surface area contributed by atoms with Gasteiger partial charge in [0.15, 0.2) is 0 Å². The molecule has 5 rings (SSSR count). The highest BCUT2D eigenvalue weighted by molar-refractivity contribution is 5.98. The van der Waals surface area contributed by atoms with Crippen LogP contribution in [0, 0.1) is 11.7 Å². The Morgan fingerprint density at radius 1 is 1.12 bits per heavy atom. The number of nitrogens with one attached hydrogen (secondary N) is 1. The minimum Gasteiger partial charge on any atom is -0.356 e. The number of nitrogens with zero attached hydrogens (tertiary/aromatic N) is 4. The third-order valence-electron chi connectivity index (χ3n) is 6.17. The van der Waals surface area contributed by atoms with Gasteiger partial charge in [-0.05, 0) is 37.5 Å². The molecule has 0 saturated carbocycles. The molecule has 3 heterocycles. The molecule has 1 fully saturated rings. The number of hydrogen-bond acceptors (Lipinski definition) is 6. The lowest BCUT2D eigenvalue weighted by molar-refractivity contribution is -0.126. The number of carbonyl (C=O) groups excluding carboxylic acids is 1. The molecule has 2 aromatic carbocycles. The second-order valence-corrected chi connectivity index (χ2v) is 8.32. The zero-order valence-electron chi connectivity index (χ0n) is 18.2. The average Bonchev–Trinajstić information content (AvgIpc) is 3.29. The SMILES string of the molecule is C[C@H](NC(=O)C1CCN(c2ncnc3onc(-c4cccc(F)c4)c23)CC1)c1ccccc1. The fourth-order valence-electron chi connectivity index (χ4n) is 4.35. The third-order valence-corrected chi connectivity index (χ3v) is 6.17. The molecule has 8 heteroatoms. The smallest absolute Gasteiger partial charge is 0.263 e. The van der Waals surface area contributed by atoms with Gasteiger partial charge < -0.3 is 14.7 Å². The summed E-state index contributed by atoms with van der Waals surface area (Å²) in [7, 11) is 0. The first-order chi connectivity index (χ1) is 16.1. The molecule has 2 aromatic heterocycles. The number of anilines is 1. The van der Waals surface area contributed by atoms with Gasteiger partial charge in [-0.1, -0.05) is 47.6 Å². The lowest BCUT2D eigenvalue weighted by atomic mass is 9.95. The van der Waals surface area contributed by atoms with E-state index in [4.69, 9.17) is 4.52 Å². The van der Waals surface area contributed by atoms with E-state index >= 15 is 0 Å². The number of aromatic nitrogens is 3. The van der Waals surface area contributed by atoms with Gasteiger partial charge in [0.25, 0.3) is 5.71 Å². The molecule has 0 spiro atoms. The van der Waals surface area contributed by atoms with Gasteiger partial charge in [0, 0.05) is 24.6 Å². The lowest BCUT2D eigenvalue weighted by Crippen LogP contribution is -2.41. The maximum atomic E-state index is 13.8. The number of fused-ring (bicyclic) bond motifs is 1. The van der Waals surface area contributed by atoms with Gasteiger partial charge in [-0.3, -0.25) is 4.79 Å². The Morgan fingerprint density at radius 2 is 1.91 bits per heavy atom. The van der Waals surface area contributed by atoms with Crippen molar-refractivity contribution < 1.29 is 13.7 Å². The topological polar surface area (TPSA) is 84.2 Å². The van der Waals surface area contributed by atoms with Crippen molar-refractivity contribution >= 4 is 22.8 Å². The van der Waals surface area contributed by atoms with Crippen LogP contribution in [0.4, 0.5) is 10.2 Å². The molecule has 33 heavy (non-hydrogen) atoms. The number of hydrogen-bond donors (Lipinski definition) is 1. The highest BCUT2D eigenvalue weighted by Gasteiger charge is 2.29. The minimum atomic E-state index is -0.349. The van der Waals surface area contributed by atoms with Crippen molar-refractivity contribution in [2.24, 2.45) is 5.92 Å². The van der Waals surface area contributed by atoms with Crippen LogP contribution in [-0.2, 0) is 4.79 Å². The largest absolute Gasteiger partial charge is 0.356 e. The maximum absolute atomic E-state index is 13.8. The van der Waals surface area contributed by atoms with Crippen LogP contribution in [0.2, 0.25) is 0 Å². The first-order valence-corrected chi connectivity index (χ1v) is 11.1. The van der Waals surface area contributed by atoms with Gasteiger partial charge in [0.05, 0.1) is 6.04 Å². The number of piperidine rings is 1. The van der Waals surface area contributed by atoms with Crippen LogP contribution in [0.15, 0.2) is 65.4 Å². The van der Waals surface area contributed by atoms with E-state index in [1.54, 1.807) is 12.1 Å². The quantitative estimate of drug-likeness (QED) is 0.486. The number of rotatable bonds is 5. The summed E-state index contributed by atoms with van der Waals surface area (Å²) < 4.78 is 19.2. The number of carbonyl (C=O) groups is 1. The van der Waals surface area contributed by atoms with Crippen molar-refractivity contribution in [1.82, 2.24) is 20.4 Å². The molecule has 4 aromatic rings. The normalized spacial score (nSPS) is 15.5. The van der Waals surface area contributed by atoms with Gasteiger partial charge in [-0.2, -0.15) is 4.98 Å². The molecule has 168 valence electrons. The van der Waals surface area contributed by atoms with Crippen LogP contribution in [0.5, 0.6) is 0 Å². The van der Waals surface area contributed by atoms with E-state index in [1.165, 1.54) is 18.5 Å². The van der Waals surface area contributed by atoms with Crippen LogP contribution >= 0.6 is 0 Å². The number of amides is 1. The Hall–Kier alpha value is -3.81. The Bertz CT molecular complexity index is 1270. The summed E-state index contributed by atoms with van der Waals surface area (Å²) in [6.07, 6.45) is 2.86. The van der Waals surface area contributed by atoms with Crippen LogP contribution in [0.25, 0.3) is 22.4 Å².